The molecule has 4 nitrogen and oxygen atoms in total. The summed E-state index contributed by atoms with van der Waals surface area (Å²) in [6, 6.07) is 3.77. The number of carbonyl (C=O) groups is 1. The molecule has 0 aromatic heterocycles. The second-order valence-corrected chi connectivity index (χ2v) is 3.41. The topological polar surface area (TPSA) is 55.8 Å². The molecule has 0 saturated heterocycles. The van der Waals surface area contributed by atoms with Gasteiger partial charge in [0.05, 0.1) is 26.2 Å². The highest BCUT2D eigenvalue weighted by Gasteiger charge is 2.18. The summed E-state index contributed by atoms with van der Waals surface area (Å²) in [6.07, 6.45) is -1.37. The predicted molar refractivity (Wildman–Crippen MR) is 59.2 cm³/mol. The zero-order chi connectivity index (χ0) is 12.8. The van der Waals surface area contributed by atoms with Crippen LogP contribution in [0.3, 0.4) is 0 Å². The van der Waals surface area contributed by atoms with Crippen molar-refractivity contribution in [2.24, 2.45) is 0 Å². The molecule has 0 fully saturated rings. The Morgan fingerprint density at radius 1 is 1.53 bits per heavy atom. The van der Waals surface area contributed by atoms with Crippen LogP contribution in [0.15, 0.2) is 18.2 Å². The molecule has 0 aliphatic rings. The van der Waals surface area contributed by atoms with Gasteiger partial charge in [-0.3, -0.25) is 4.79 Å². The van der Waals surface area contributed by atoms with Crippen LogP contribution in [0.2, 0.25) is 0 Å². The summed E-state index contributed by atoms with van der Waals surface area (Å²) in [5, 5.41) is 9.81. The van der Waals surface area contributed by atoms with Crippen molar-refractivity contribution < 1.29 is 23.8 Å². The first-order valence-electron chi connectivity index (χ1n) is 5.25. The SMILES string of the molecule is CCOC(=O)CC(O)c1cc(F)ccc1OC. The number of carbonyl (C=O) groups excluding carboxylic acids is 1. The van der Waals surface area contributed by atoms with Gasteiger partial charge in [-0.1, -0.05) is 0 Å². The molecule has 17 heavy (non-hydrogen) atoms. The Hall–Kier alpha value is -1.62. The highest BCUT2D eigenvalue weighted by molar-refractivity contribution is 5.70. The van der Waals surface area contributed by atoms with E-state index in [4.69, 9.17) is 9.47 Å². The summed E-state index contributed by atoms with van der Waals surface area (Å²) in [5.74, 6) is -0.696. The lowest BCUT2D eigenvalue weighted by atomic mass is 10.1. The van der Waals surface area contributed by atoms with E-state index in [0.29, 0.717) is 5.75 Å². The van der Waals surface area contributed by atoms with E-state index in [-0.39, 0.29) is 18.6 Å². The largest absolute Gasteiger partial charge is 0.496 e. The van der Waals surface area contributed by atoms with Crippen molar-refractivity contribution in [3.05, 3.63) is 29.6 Å². The lowest BCUT2D eigenvalue weighted by Crippen LogP contribution is -2.11. The maximum Gasteiger partial charge on any atom is 0.308 e. The Morgan fingerprint density at radius 2 is 2.24 bits per heavy atom. The van der Waals surface area contributed by atoms with Crippen molar-refractivity contribution >= 4 is 5.97 Å². The van der Waals surface area contributed by atoms with Crippen molar-refractivity contribution in [3.63, 3.8) is 0 Å². The van der Waals surface area contributed by atoms with Gasteiger partial charge in [0, 0.05) is 5.56 Å². The van der Waals surface area contributed by atoms with Gasteiger partial charge in [0.15, 0.2) is 0 Å². The average Bonchev–Trinajstić information content (AvgIpc) is 2.29. The first-order chi connectivity index (χ1) is 8.08. The molecule has 94 valence electrons. The monoisotopic (exact) mass is 242 g/mol. The molecule has 0 saturated carbocycles. The smallest absolute Gasteiger partial charge is 0.308 e. The predicted octanol–water partition coefficient (Wildman–Crippen LogP) is 1.82. The number of benzene rings is 1. The maximum atomic E-state index is 13.0. The number of halogens is 1. The van der Waals surface area contributed by atoms with Gasteiger partial charge in [0.1, 0.15) is 11.6 Å². The number of ether oxygens (including phenoxy) is 2. The van der Waals surface area contributed by atoms with Gasteiger partial charge < -0.3 is 14.6 Å². The number of aliphatic hydroxyl groups is 1. The van der Waals surface area contributed by atoms with E-state index in [9.17, 15) is 14.3 Å². The molecule has 1 rings (SSSR count). The first-order valence-corrected chi connectivity index (χ1v) is 5.25. The Bertz CT molecular complexity index is 392. The molecule has 0 amide bonds. The van der Waals surface area contributed by atoms with Gasteiger partial charge in [0.25, 0.3) is 0 Å². The third-order valence-electron chi connectivity index (χ3n) is 2.22. The number of esters is 1. The van der Waals surface area contributed by atoms with E-state index >= 15 is 0 Å². The van der Waals surface area contributed by atoms with Crippen molar-refractivity contribution in [2.75, 3.05) is 13.7 Å². The zero-order valence-corrected chi connectivity index (χ0v) is 9.77. The molecule has 0 heterocycles. The Kier molecular flexibility index (Phi) is 4.90. The third kappa shape index (κ3) is 3.71. The van der Waals surface area contributed by atoms with Gasteiger partial charge in [-0.2, -0.15) is 0 Å². The maximum absolute atomic E-state index is 13.0. The molecule has 1 atom stereocenters. The minimum absolute atomic E-state index is 0.229. The van der Waals surface area contributed by atoms with Crippen molar-refractivity contribution in [3.8, 4) is 5.75 Å². The van der Waals surface area contributed by atoms with Crippen LogP contribution in [0.5, 0.6) is 5.75 Å². The van der Waals surface area contributed by atoms with Crippen LogP contribution in [0.1, 0.15) is 25.0 Å². The number of aliphatic hydroxyl groups excluding tert-OH is 1. The van der Waals surface area contributed by atoms with Crippen molar-refractivity contribution in [1.29, 1.82) is 0 Å². The van der Waals surface area contributed by atoms with E-state index in [2.05, 4.69) is 0 Å². The molecule has 1 unspecified atom stereocenters. The molecule has 1 aromatic carbocycles. The molecular formula is C12H15FO4. The van der Waals surface area contributed by atoms with Gasteiger partial charge >= 0.3 is 5.97 Å². The standard InChI is InChI=1S/C12H15FO4/c1-3-17-12(15)7-10(14)9-6-8(13)4-5-11(9)16-2/h4-6,10,14H,3,7H2,1-2H3. The summed E-state index contributed by atoms with van der Waals surface area (Å²) >= 11 is 0. The van der Waals surface area contributed by atoms with Gasteiger partial charge in [0.2, 0.25) is 0 Å². The van der Waals surface area contributed by atoms with E-state index in [1.54, 1.807) is 6.92 Å². The van der Waals surface area contributed by atoms with Crippen LogP contribution >= 0.6 is 0 Å². The van der Waals surface area contributed by atoms with Gasteiger partial charge in [-0.25, -0.2) is 4.39 Å². The fraction of sp³-hybridized carbons (Fsp3) is 0.417. The minimum Gasteiger partial charge on any atom is -0.496 e. The highest BCUT2D eigenvalue weighted by atomic mass is 19.1. The minimum atomic E-state index is -1.14. The summed E-state index contributed by atoms with van der Waals surface area (Å²) in [6.45, 7) is 1.92. The summed E-state index contributed by atoms with van der Waals surface area (Å²) in [5.41, 5.74) is 0.237. The van der Waals surface area contributed by atoms with Crippen LogP contribution in [-0.4, -0.2) is 24.8 Å². The second-order valence-electron chi connectivity index (χ2n) is 3.41. The first kappa shape index (κ1) is 13.4. The van der Waals surface area contributed by atoms with Crippen molar-refractivity contribution in [2.45, 2.75) is 19.4 Å². The Labute approximate surface area is 99.0 Å². The third-order valence-corrected chi connectivity index (χ3v) is 2.22. The summed E-state index contributed by atoms with van der Waals surface area (Å²) in [4.78, 5) is 11.2. The average molecular weight is 242 g/mol. The molecule has 0 radical (unpaired) electrons. The van der Waals surface area contributed by atoms with E-state index in [1.165, 1.54) is 19.2 Å². The molecule has 1 N–H and O–H groups in total. The lowest BCUT2D eigenvalue weighted by molar-refractivity contribution is -0.145. The quantitative estimate of drug-likeness (QED) is 0.800. The molecule has 5 heteroatoms. The molecule has 0 bridgehead atoms. The fourth-order valence-electron chi connectivity index (χ4n) is 1.45. The molecular weight excluding hydrogens is 227 g/mol. The molecule has 0 aliphatic heterocycles. The number of rotatable bonds is 5. The Morgan fingerprint density at radius 3 is 2.82 bits per heavy atom. The normalized spacial score (nSPS) is 12.0. The van der Waals surface area contributed by atoms with Gasteiger partial charge in [-0.05, 0) is 25.1 Å². The van der Waals surface area contributed by atoms with Crippen molar-refractivity contribution in [1.82, 2.24) is 0 Å². The molecule has 0 spiro atoms. The molecule has 1 aromatic rings. The van der Waals surface area contributed by atoms with Gasteiger partial charge in [-0.15, -0.1) is 0 Å². The fourth-order valence-corrected chi connectivity index (χ4v) is 1.45. The zero-order valence-electron chi connectivity index (χ0n) is 9.77. The molecule has 0 aliphatic carbocycles. The summed E-state index contributed by atoms with van der Waals surface area (Å²) in [7, 11) is 1.41. The van der Waals surface area contributed by atoms with Crippen LogP contribution in [-0.2, 0) is 9.53 Å². The summed E-state index contributed by atoms with van der Waals surface area (Å²) < 4.78 is 22.7. The van der Waals surface area contributed by atoms with Crippen LogP contribution < -0.4 is 4.74 Å². The number of methoxy groups -OCH3 is 1. The van der Waals surface area contributed by atoms with Crippen LogP contribution in [0, 0.1) is 5.82 Å². The Balaban J connectivity index is 2.83. The van der Waals surface area contributed by atoms with E-state index in [1.807, 2.05) is 0 Å². The second kappa shape index (κ2) is 6.20. The lowest BCUT2D eigenvalue weighted by Gasteiger charge is -2.14. The number of hydrogen-bond donors (Lipinski definition) is 1. The van der Waals surface area contributed by atoms with Crippen LogP contribution in [0.4, 0.5) is 4.39 Å². The van der Waals surface area contributed by atoms with Crippen LogP contribution in [0.25, 0.3) is 0 Å². The highest BCUT2D eigenvalue weighted by Crippen LogP contribution is 2.28. The van der Waals surface area contributed by atoms with E-state index in [0.717, 1.165) is 6.07 Å². The van der Waals surface area contributed by atoms with E-state index < -0.39 is 17.9 Å². The number of hydrogen-bond acceptors (Lipinski definition) is 4.